The summed E-state index contributed by atoms with van der Waals surface area (Å²) in [5.41, 5.74) is 9.21. The van der Waals surface area contributed by atoms with Crippen LogP contribution in [0.15, 0.2) is 41.8 Å². The Hall–Kier alpha value is -3.33. The van der Waals surface area contributed by atoms with Crippen molar-refractivity contribution in [1.29, 1.82) is 0 Å². The Balaban J connectivity index is 0.000000858. The highest BCUT2D eigenvalue weighted by atomic mass is 32.1. The number of amides is 1. The van der Waals surface area contributed by atoms with Gasteiger partial charge in [-0.25, -0.2) is 15.0 Å². The number of rotatable bonds is 3. The van der Waals surface area contributed by atoms with Crippen molar-refractivity contribution in [2.24, 2.45) is 0 Å². The van der Waals surface area contributed by atoms with Gasteiger partial charge >= 0.3 is 0 Å². The second-order valence-corrected chi connectivity index (χ2v) is 8.25. The number of carbonyl (C=O) groups is 2. The number of nitrogens with zero attached hydrogens (tertiary/aromatic N) is 4. The number of aryl methyl sites for hydroxylation is 2. The highest BCUT2D eigenvalue weighted by molar-refractivity contribution is 7.13. The van der Waals surface area contributed by atoms with Crippen LogP contribution in [-0.2, 0) is 10.2 Å². The number of thiazole rings is 1. The minimum absolute atomic E-state index is 0.0342. The number of hydrogen-bond donors (Lipinski definition) is 2. The first-order chi connectivity index (χ1) is 14.9. The van der Waals surface area contributed by atoms with Gasteiger partial charge in [-0.2, -0.15) is 0 Å². The molecule has 9 heteroatoms. The number of benzene rings is 1. The van der Waals surface area contributed by atoms with E-state index in [1.807, 2.05) is 24.8 Å². The molecule has 3 heterocycles. The molecule has 1 aliphatic heterocycles. The summed E-state index contributed by atoms with van der Waals surface area (Å²) >= 11 is 1.47. The lowest BCUT2D eigenvalue weighted by atomic mass is 9.70. The number of nitrogens with two attached hydrogens (primary N) is 1. The van der Waals surface area contributed by atoms with Crippen LogP contribution in [0.4, 0.5) is 5.13 Å². The number of carboxylic acid groups (broad SMARTS) is 1. The number of nitrogen functional groups attached to an aromatic ring is 1. The summed E-state index contributed by atoms with van der Waals surface area (Å²) in [4.78, 5) is 36.5. The molecule has 3 N–H and O–H groups in total. The minimum atomic E-state index is -0.250. The van der Waals surface area contributed by atoms with Crippen molar-refractivity contribution >= 4 is 28.8 Å². The molecule has 3 aromatic rings. The predicted molar refractivity (Wildman–Crippen MR) is 119 cm³/mol. The fourth-order valence-corrected chi connectivity index (χ4v) is 4.70. The van der Waals surface area contributed by atoms with Crippen LogP contribution in [0, 0.1) is 13.8 Å². The Morgan fingerprint density at radius 1 is 1.16 bits per heavy atom. The minimum Gasteiger partial charge on any atom is -0.483 e. The van der Waals surface area contributed by atoms with Gasteiger partial charge in [0.05, 0.1) is 5.69 Å². The Labute approximate surface area is 184 Å². The Morgan fingerprint density at radius 2 is 1.81 bits per heavy atom. The number of carbonyl (C=O) groups excluding carboxylic acids is 1. The monoisotopic (exact) mass is 439 g/mol. The van der Waals surface area contributed by atoms with Crippen molar-refractivity contribution in [3.8, 4) is 0 Å². The molecule has 0 bridgehead atoms. The summed E-state index contributed by atoms with van der Waals surface area (Å²) in [6, 6.07) is 12.2. The summed E-state index contributed by atoms with van der Waals surface area (Å²) < 4.78 is 0. The predicted octanol–water partition coefficient (Wildman–Crippen LogP) is 3.06. The second kappa shape index (κ2) is 9.65. The summed E-state index contributed by atoms with van der Waals surface area (Å²) in [7, 11) is 0. The van der Waals surface area contributed by atoms with E-state index in [0.717, 1.165) is 24.2 Å². The van der Waals surface area contributed by atoms with Crippen LogP contribution in [-0.4, -0.2) is 50.4 Å². The lowest BCUT2D eigenvalue weighted by Gasteiger charge is -2.41. The van der Waals surface area contributed by atoms with Crippen LogP contribution >= 0.6 is 11.3 Å². The fraction of sp³-hybridized carbons (Fsp3) is 0.318. The third kappa shape index (κ3) is 4.88. The van der Waals surface area contributed by atoms with Gasteiger partial charge in [-0.1, -0.05) is 30.3 Å². The Kier molecular flexibility index (Phi) is 6.96. The largest absolute Gasteiger partial charge is 0.483 e. The first-order valence-electron chi connectivity index (χ1n) is 9.86. The van der Waals surface area contributed by atoms with Crippen LogP contribution in [0.25, 0.3) is 0 Å². The van der Waals surface area contributed by atoms with E-state index in [4.69, 9.17) is 15.6 Å². The molecule has 1 amide bonds. The molecule has 0 radical (unpaired) electrons. The molecule has 0 saturated carbocycles. The summed E-state index contributed by atoms with van der Waals surface area (Å²) in [6.07, 6.45) is 1.60. The first kappa shape index (κ1) is 22.4. The molecule has 4 rings (SSSR count). The zero-order chi connectivity index (χ0) is 22.4. The molecule has 162 valence electrons. The average molecular weight is 440 g/mol. The summed E-state index contributed by atoms with van der Waals surface area (Å²) in [5, 5.41) is 9.52. The SMILES string of the molecule is Cc1cc(C(=O)N2CCC(c3ccccc3)(c3csc(N)n3)CC2)nc(C)n1.O=CO. The molecular weight excluding hydrogens is 414 g/mol. The molecule has 0 atom stereocenters. The maximum Gasteiger partial charge on any atom is 0.290 e. The molecule has 8 nitrogen and oxygen atoms in total. The van der Waals surface area contributed by atoms with Crippen LogP contribution in [0.1, 0.15) is 46.1 Å². The Morgan fingerprint density at radius 3 is 2.35 bits per heavy atom. The maximum atomic E-state index is 13.0. The zero-order valence-corrected chi connectivity index (χ0v) is 18.3. The van der Waals surface area contributed by atoms with E-state index in [1.165, 1.54) is 16.9 Å². The number of aromatic nitrogens is 3. The number of likely N-dealkylation sites (tertiary alicyclic amines) is 1. The van der Waals surface area contributed by atoms with Gasteiger partial charge in [0.15, 0.2) is 5.13 Å². The van der Waals surface area contributed by atoms with E-state index in [1.54, 1.807) is 6.07 Å². The topological polar surface area (TPSA) is 122 Å². The lowest BCUT2D eigenvalue weighted by Crippen LogP contribution is -2.46. The molecule has 31 heavy (non-hydrogen) atoms. The number of anilines is 1. The molecule has 0 aliphatic carbocycles. The fourth-order valence-electron chi connectivity index (χ4n) is 4.04. The van der Waals surface area contributed by atoms with Crippen molar-refractivity contribution in [1.82, 2.24) is 19.9 Å². The van der Waals surface area contributed by atoms with E-state index in [9.17, 15) is 4.79 Å². The highest BCUT2D eigenvalue weighted by Gasteiger charge is 2.41. The number of piperidine rings is 1. The number of hydrogen-bond acceptors (Lipinski definition) is 7. The van der Waals surface area contributed by atoms with E-state index in [0.29, 0.717) is 29.7 Å². The Bertz CT molecular complexity index is 1030. The first-order valence-corrected chi connectivity index (χ1v) is 10.7. The van der Waals surface area contributed by atoms with E-state index < -0.39 is 0 Å². The summed E-state index contributed by atoms with van der Waals surface area (Å²) in [6.45, 7) is 4.74. The van der Waals surface area contributed by atoms with E-state index in [2.05, 4.69) is 44.6 Å². The lowest BCUT2D eigenvalue weighted by molar-refractivity contribution is -0.122. The van der Waals surface area contributed by atoms with Crippen molar-refractivity contribution in [2.45, 2.75) is 32.1 Å². The van der Waals surface area contributed by atoms with Gasteiger partial charge in [0.2, 0.25) is 0 Å². The standard InChI is InChI=1S/C21H23N5OS.CH2O2/c1-14-12-17(24-15(2)23-14)19(27)26-10-8-21(9-11-26,16-6-4-3-5-7-16)18-13-28-20(22)25-18;2-1-3/h3-7,12-13H,8-11H2,1-2H3,(H2,22,25);1H,(H,2,3). The molecule has 1 aliphatic rings. The van der Waals surface area contributed by atoms with Gasteiger partial charge in [-0.3, -0.25) is 9.59 Å². The average Bonchev–Trinajstić information content (AvgIpc) is 3.21. The maximum absolute atomic E-state index is 13.0. The normalized spacial score (nSPS) is 15.0. The van der Waals surface area contributed by atoms with Gasteiger partial charge in [0.1, 0.15) is 11.5 Å². The van der Waals surface area contributed by atoms with Crippen molar-refractivity contribution < 1.29 is 14.7 Å². The smallest absolute Gasteiger partial charge is 0.290 e. The quantitative estimate of drug-likeness (QED) is 0.601. The van der Waals surface area contributed by atoms with Gasteiger partial charge in [0.25, 0.3) is 12.4 Å². The van der Waals surface area contributed by atoms with Crippen LogP contribution < -0.4 is 5.73 Å². The summed E-state index contributed by atoms with van der Waals surface area (Å²) in [5.74, 6) is 0.588. The van der Waals surface area contributed by atoms with E-state index in [-0.39, 0.29) is 17.8 Å². The molecular formula is C22H25N5O3S. The van der Waals surface area contributed by atoms with Crippen LogP contribution in [0.2, 0.25) is 0 Å². The highest BCUT2D eigenvalue weighted by Crippen LogP contribution is 2.42. The second-order valence-electron chi connectivity index (χ2n) is 7.36. The van der Waals surface area contributed by atoms with Gasteiger partial charge in [-0.15, -0.1) is 11.3 Å². The molecule has 0 unspecified atom stereocenters. The molecule has 0 spiro atoms. The molecule has 1 aromatic carbocycles. The third-order valence-corrected chi connectivity index (χ3v) is 6.10. The van der Waals surface area contributed by atoms with Crippen LogP contribution in [0.5, 0.6) is 0 Å². The van der Waals surface area contributed by atoms with Crippen molar-refractivity contribution in [3.63, 3.8) is 0 Å². The third-order valence-electron chi connectivity index (χ3n) is 5.43. The van der Waals surface area contributed by atoms with Gasteiger partial charge < -0.3 is 15.7 Å². The van der Waals surface area contributed by atoms with Crippen molar-refractivity contribution in [2.75, 3.05) is 18.8 Å². The molecule has 1 fully saturated rings. The van der Waals surface area contributed by atoms with Crippen molar-refractivity contribution in [3.05, 3.63) is 70.2 Å². The van der Waals surface area contributed by atoms with Gasteiger partial charge in [0, 0.05) is 29.6 Å². The van der Waals surface area contributed by atoms with Crippen LogP contribution in [0.3, 0.4) is 0 Å². The zero-order valence-electron chi connectivity index (χ0n) is 17.5. The van der Waals surface area contributed by atoms with E-state index >= 15 is 0 Å². The van der Waals surface area contributed by atoms with Gasteiger partial charge in [-0.05, 0) is 38.3 Å². The molecule has 1 saturated heterocycles. The molecule has 2 aromatic heterocycles.